The molecule has 0 N–H and O–H groups in total. The predicted octanol–water partition coefficient (Wildman–Crippen LogP) is 5.55. The fraction of sp³-hybridized carbons (Fsp3) is 0.231. The van der Waals surface area contributed by atoms with Gasteiger partial charge in [-0.1, -0.05) is 35.9 Å². The van der Waals surface area contributed by atoms with Crippen LogP contribution >= 0.6 is 0 Å². The maximum absolute atomic E-state index is 12.7. The minimum Gasteiger partial charge on any atom is -0.497 e. The summed E-state index contributed by atoms with van der Waals surface area (Å²) in [5, 5.41) is 6.70. The van der Waals surface area contributed by atoms with Gasteiger partial charge in [-0.3, -0.25) is 9.69 Å². The molecule has 1 atom stereocenters. The van der Waals surface area contributed by atoms with E-state index in [1.165, 1.54) is 16.7 Å². The van der Waals surface area contributed by atoms with Gasteiger partial charge < -0.3 is 4.74 Å². The fourth-order valence-corrected chi connectivity index (χ4v) is 3.77. The number of rotatable bonds is 5. The van der Waals surface area contributed by atoms with Crippen LogP contribution in [-0.4, -0.2) is 18.7 Å². The van der Waals surface area contributed by atoms with Gasteiger partial charge in [0.05, 0.1) is 12.8 Å². The normalized spacial score (nSPS) is 15.8. The molecule has 31 heavy (non-hydrogen) atoms. The molecule has 4 rings (SSSR count). The van der Waals surface area contributed by atoms with Crippen molar-refractivity contribution < 1.29 is 9.53 Å². The second-order valence-corrected chi connectivity index (χ2v) is 7.95. The smallest absolute Gasteiger partial charge is 0.198 e. The summed E-state index contributed by atoms with van der Waals surface area (Å²) in [5.74, 6) is 1.12. The summed E-state index contributed by atoms with van der Waals surface area (Å²) in [6, 6.07) is 22.4. The fourth-order valence-electron chi connectivity index (χ4n) is 3.77. The highest BCUT2D eigenvalue weighted by Gasteiger charge is 2.39. The van der Waals surface area contributed by atoms with E-state index in [1.807, 2.05) is 34.2 Å². The lowest BCUT2D eigenvalue weighted by molar-refractivity contribution is -0.111. The molecule has 0 saturated carbocycles. The number of Topliss-reactive ketones (excluding diaryl/α,β-unsaturated/α-hetero) is 1. The van der Waals surface area contributed by atoms with Crippen LogP contribution in [-0.2, 0) is 4.79 Å². The van der Waals surface area contributed by atoms with Crippen molar-refractivity contribution in [2.45, 2.75) is 33.9 Å². The third-order valence-corrected chi connectivity index (χ3v) is 5.70. The van der Waals surface area contributed by atoms with Crippen LogP contribution in [0.1, 0.15) is 35.3 Å². The quantitative estimate of drug-likeness (QED) is 0.550. The summed E-state index contributed by atoms with van der Waals surface area (Å²) < 4.78 is 5.31. The molecule has 0 spiro atoms. The van der Waals surface area contributed by atoms with Gasteiger partial charge in [0.15, 0.2) is 17.8 Å². The molecule has 0 saturated heterocycles. The topological polar surface area (TPSA) is 45.1 Å². The van der Waals surface area contributed by atoms with Gasteiger partial charge >= 0.3 is 0 Å². The highest BCUT2D eigenvalue weighted by atomic mass is 16.5. The van der Waals surface area contributed by atoms with Gasteiger partial charge in [0.1, 0.15) is 5.75 Å². The number of aryl methyl sites for hydroxylation is 3. The van der Waals surface area contributed by atoms with E-state index in [-0.39, 0.29) is 11.9 Å². The van der Waals surface area contributed by atoms with Crippen LogP contribution in [0.5, 0.6) is 5.75 Å². The Morgan fingerprint density at radius 3 is 2.10 bits per heavy atom. The average molecular weight is 414 g/mol. The van der Waals surface area contributed by atoms with Crippen molar-refractivity contribution >= 4 is 23.0 Å². The molecule has 3 aromatic carbocycles. The van der Waals surface area contributed by atoms with E-state index >= 15 is 0 Å². The molecule has 1 aliphatic heterocycles. The number of ether oxygens (including phenoxy) is 1. The zero-order valence-electron chi connectivity index (χ0n) is 18.6. The maximum atomic E-state index is 12.7. The van der Waals surface area contributed by atoms with Gasteiger partial charge in [0, 0.05) is 12.6 Å². The average Bonchev–Trinajstić information content (AvgIpc) is 3.17. The Kier molecular flexibility index (Phi) is 5.51. The Morgan fingerprint density at radius 1 is 0.871 bits per heavy atom. The number of anilines is 2. The number of methoxy groups -OCH3 is 1. The van der Waals surface area contributed by atoms with E-state index in [0.29, 0.717) is 5.84 Å². The molecule has 0 aliphatic carbocycles. The lowest BCUT2D eigenvalue weighted by Gasteiger charge is -2.32. The monoisotopic (exact) mass is 413 g/mol. The standard InChI is InChI=1S/C26H27N3O2/c1-17-6-9-21(10-7-17)26-28(23-11-8-18(2)19(3)16-23)25(20(4)30)27-29(26)22-12-14-24(31-5)15-13-22/h6-16,26H,1-5H3/t26-/m0/s1. The zero-order valence-corrected chi connectivity index (χ0v) is 18.6. The molecule has 0 aromatic heterocycles. The number of carbonyl (C=O) groups is 1. The Morgan fingerprint density at radius 2 is 1.52 bits per heavy atom. The van der Waals surface area contributed by atoms with Crippen LogP contribution in [0, 0.1) is 20.8 Å². The number of amidine groups is 1. The van der Waals surface area contributed by atoms with Crippen LogP contribution in [0.25, 0.3) is 0 Å². The van der Waals surface area contributed by atoms with Crippen molar-refractivity contribution in [3.63, 3.8) is 0 Å². The van der Waals surface area contributed by atoms with Crippen LogP contribution in [0.2, 0.25) is 0 Å². The van der Waals surface area contributed by atoms with Crippen molar-refractivity contribution in [1.29, 1.82) is 0 Å². The largest absolute Gasteiger partial charge is 0.497 e. The summed E-state index contributed by atoms with van der Waals surface area (Å²) >= 11 is 0. The third-order valence-electron chi connectivity index (χ3n) is 5.70. The van der Waals surface area contributed by atoms with E-state index < -0.39 is 0 Å². The van der Waals surface area contributed by atoms with E-state index in [0.717, 1.165) is 22.7 Å². The van der Waals surface area contributed by atoms with Gasteiger partial charge in [0.2, 0.25) is 0 Å². The second-order valence-electron chi connectivity index (χ2n) is 7.95. The van der Waals surface area contributed by atoms with Crippen molar-refractivity contribution in [1.82, 2.24) is 0 Å². The number of hydrazone groups is 1. The highest BCUT2D eigenvalue weighted by Crippen LogP contribution is 2.40. The maximum Gasteiger partial charge on any atom is 0.198 e. The summed E-state index contributed by atoms with van der Waals surface area (Å²) in [6.07, 6.45) is -0.282. The summed E-state index contributed by atoms with van der Waals surface area (Å²) in [6.45, 7) is 7.81. The number of ketones is 1. The summed E-state index contributed by atoms with van der Waals surface area (Å²) in [5.41, 5.74) is 6.45. The minimum atomic E-state index is -0.282. The van der Waals surface area contributed by atoms with Crippen LogP contribution in [0.3, 0.4) is 0 Å². The first-order valence-electron chi connectivity index (χ1n) is 10.3. The molecule has 0 bridgehead atoms. The second kappa shape index (κ2) is 8.26. The van der Waals surface area contributed by atoms with E-state index in [2.05, 4.69) is 63.2 Å². The molecule has 0 radical (unpaired) electrons. The predicted molar refractivity (Wildman–Crippen MR) is 126 cm³/mol. The lowest BCUT2D eigenvalue weighted by Crippen LogP contribution is -2.37. The molecule has 5 nitrogen and oxygen atoms in total. The Labute approximate surface area is 183 Å². The van der Waals surface area contributed by atoms with Gasteiger partial charge in [0.25, 0.3) is 0 Å². The summed E-state index contributed by atoms with van der Waals surface area (Å²) in [4.78, 5) is 14.7. The van der Waals surface area contributed by atoms with Gasteiger partial charge in [-0.25, -0.2) is 5.01 Å². The summed E-state index contributed by atoms with van der Waals surface area (Å²) in [7, 11) is 1.65. The first-order chi connectivity index (χ1) is 14.9. The van der Waals surface area contributed by atoms with Gasteiger partial charge in [-0.15, -0.1) is 5.10 Å². The third kappa shape index (κ3) is 3.91. The number of hydrogen-bond acceptors (Lipinski definition) is 5. The molecular weight excluding hydrogens is 386 g/mol. The van der Waals surface area contributed by atoms with Crippen LogP contribution in [0.4, 0.5) is 11.4 Å². The molecule has 3 aromatic rings. The minimum absolute atomic E-state index is 0.0775. The molecule has 1 aliphatic rings. The van der Waals surface area contributed by atoms with Crippen molar-refractivity contribution in [3.05, 3.63) is 89.0 Å². The first-order valence-corrected chi connectivity index (χ1v) is 10.3. The number of nitrogens with zero attached hydrogens (tertiary/aromatic N) is 3. The molecule has 1 heterocycles. The molecule has 5 heteroatoms. The molecular formula is C26H27N3O2. The van der Waals surface area contributed by atoms with Crippen molar-refractivity contribution in [2.75, 3.05) is 17.0 Å². The molecule has 0 fully saturated rings. The lowest BCUT2D eigenvalue weighted by atomic mass is 10.1. The number of carbonyl (C=O) groups excluding carboxylic acids is 1. The number of benzene rings is 3. The van der Waals surface area contributed by atoms with Crippen LogP contribution < -0.4 is 14.6 Å². The van der Waals surface area contributed by atoms with E-state index in [4.69, 9.17) is 9.84 Å². The molecule has 0 unspecified atom stereocenters. The Hall–Kier alpha value is -3.60. The Bertz CT molecular complexity index is 1130. The molecule has 0 amide bonds. The first kappa shape index (κ1) is 20.7. The van der Waals surface area contributed by atoms with E-state index in [1.54, 1.807) is 14.0 Å². The van der Waals surface area contributed by atoms with Crippen LogP contribution in [0.15, 0.2) is 71.8 Å². The molecule has 158 valence electrons. The van der Waals surface area contributed by atoms with Gasteiger partial charge in [-0.05, 0) is 73.9 Å². The Balaban J connectivity index is 1.89. The number of hydrogen-bond donors (Lipinski definition) is 0. The van der Waals surface area contributed by atoms with E-state index in [9.17, 15) is 4.79 Å². The van der Waals surface area contributed by atoms with Crippen molar-refractivity contribution in [3.8, 4) is 5.75 Å². The zero-order chi connectivity index (χ0) is 22.1. The SMILES string of the molecule is COc1ccc(N2N=C(C(C)=O)N(c3ccc(C)c(C)c3)[C@@H]2c2ccc(C)cc2)cc1. The van der Waals surface area contributed by atoms with Crippen molar-refractivity contribution in [2.24, 2.45) is 5.10 Å². The van der Waals surface area contributed by atoms with Gasteiger partial charge in [-0.2, -0.15) is 0 Å². The highest BCUT2D eigenvalue weighted by molar-refractivity contribution is 6.44.